The first-order valence-electron chi connectivity index (χ1n) is 3.53. The first kappa shape index (κ1) is 9.70. The maximum Gasteiger partial charge on any atom is 0.416 e. The van der Waals surface area contributed by atoms with Crippen LogP contribution in [0, 0.1) is 0 Å². The van der Waals surface area contributed by atoms with Crippen molar-refractivity contribution >= 4 is 5.69 Å². The molecule has 0 unspecified atom stereocenters. The Morgan fingerprint density at radius 2 is 1.92 bits per heavy atom. The predicted octanol–water partition coefficient (Wildman–Crippen LogP) is 2.45. The molecule has 0 radical (unpaired) electrons. The van der Waals surface area contributed by atoms with Crippen molar-refractivity contribution in [3.05, 3.63) is 23.8 Å². The number of phenols is 1. The molecular formula is C8H8F3NO. The van der Waals surface area contributed by atoms with E-state index in [0.717, 1.165) is 18.2 Å². The maximum absolute atomic E-state index is 12.1. The van der Waals surface area contributed by atoms with Gasteiger partial charge in [0.2, 0.25) is 0 Å². The van der Waals surface area contributed by atoms with Crippen LogP contribution in [0.4, 0.5) is 18.9 Å². The second-order valence-corrected chi connectivity index (χ2v) is 2.48. The van der Waals surface area contributed by atoms with Crippen molar-refractivity contribution in [2.24, 2.45) is 0 Å². The number of anilines is 1. The average Bonchev–Trinajstić information content (AvgIpc) is 2.03. The summed E-state index contributed by atoms with van der Waals surface area (Å²) in [5.74, 6) is -0.199. The number of hydrogen-bond acceptors (Lipinski definition) is 2. The van der Waals surface area contributed by atoms with Gasteiger partial charge in [-0.1, -0.05) is 0 Å². The number of nitrogens with one attached hydrogen (secondary N) is 1. The van der Waals surface area contributed by atoms with Gasteiger partial charge in [-0.2, -0.15) is 13.2 Å². The second-order valence-electron chi connectivity index (χ2n) is 2.48. The third-order valence-electron chi connectivity index (χ3n) is 1.59. The van der Waals surface area contributed by atoms with Crippen LogP contribution in [-0.4, -0.2) is 12.2 Å². The highest BCUT2D eigenvalue weighted by Crippen LogP contribution is 2.33. The van der Waals surface area contributed by atoms with Crippen LogP contribution in [0.5, 0.6) is 5.75 Å². The molecule has 0 fully saturated rings. The van der Waals surface area contributed by atoms with E-state index >= 15 is 0 Å². The third-order valence-corrected chi connectivity index (χ3v) is 1.59. The van der Waals surface area contributed by atoms with Crippen molar-refractivity contribution in [3.8, 4) is 5.75 Å². The lowest BCUT2D eigenvalue weighted by atomic mass is 10.2. The smallest absolute Gasteiger partial charge is 0.416 e. The molecule has 13 heavy (non-hydrogen) atoms. The van der Waals surface area contributed by atoms with E-state index in [2.05, 4.69) is 5.32 Å². The molecule has 0 aromatic heterocycles. The van der Waals surface area contributed by atoms with E-state index in [-0.39, 0.29) is 11.4 Å². The zero-order valence-electron chi connectivity index (χ0n) is 6.81. The summed E-state index contributed by atoms with van der Waals surface area (Å²) in [4.78, 5) is 0. The number of phenolic OH excluding ortho intramolecular Hbond substituents is 1. The number of aromatic hydroxyl groups is 1. The molecule has 0 heterocycles. The minimum Gasteiger partial charge on any atom is -0.506 e. The van der Waals surface area contributed by atoms with E-state index in [1.54, 1.807) is 0 Å². The molecule has 0 atom stereocenters. The van der Waals surface area contributed by atoms with Crippen LogP contribution in [0.3, 0.4) is 0 Å². The quantitative estimate of drug-likeness (QED) is 0.668. The summed E-state index contributed by atoms with van der Waals surface area (Å²) in [6.45, 7) is 0. The molecule has 0 aliphatic heterocycles. The lowest BCUT2D eigenvalue weighted by Crippen LogP contribution is -2.05. The molecule has 1 rings (SSSR count). The van der Waals surface area contributed by atoms with Gasteiger partial charge in [-0.3, -0.25) is 0 Å². The van der Waals surface area contributed by atoms with Gasteiger partial charge in [0, 0.05) is 7.05 Å². The Morgan fingerprint density at radius 3 is 2.38 bits per heavy atom. The highest BCUT2D eigenvalue weighted by molar-refractivity contribution is 5.57. The Kier molecular flexibility index (Phi) is 2.36. The molecule has 1 aromatic rings. The monoisotopic (exact) mass is 191 g/mol. The van der Waals surface area contributed by atoms with Crippen LogP contribution in [0.15, 0.2) is 18.2 Å². The molecule has 0 bridgehead atoms. The van der Waals surface area contributed by atoms with Gasteiger partial charge in [-0.05, 0) is 18.2 Å². The molecule has 0 saturated heterocycles. The molecule has 0 aliphatic carbocycles. The van der Waals surface area contributed by atoms with E-state index in [1.165, 1.54) is 7.05 Å². The van der Waals surface area contributed by atoms with E-state index in [1.807, 2.05) is 0 Å². The minimum atomic E-state index is -4.38. The Balaban J connectivity index is 3.14. The van der Waals surface area contributed by atoms with Crippen molar-refractivity contribution in [3.63, 3.8) is 0 Å². The van der Waals surface area contributed by atoms with Gasteiger partial charge in [0.05, 0.1) is 11.3 Å². The Hall–Kier alpha value is -1.39. The first-order valence-corrected chi connectivity index (χ1v) is 3.53. The van der Waals surface area contributed by atoms with Crippen molar-refractivity contribution in [2.75, 3.05) is 12.4 Å². The number of alkyl halides is 3. The van der Waals surface area contributed by atoms with Crippen LogP contribution in [0.1, 0.15) is 5.56 Å². The zero-order chi connectivity index (χ0) is 10.1. The van der Waals surface area contributed by atoms with Gasteiger partial charge in [0.1, 0.15) is 5.75 Å². The lowest BCUT2D eigenvalue weighted by Gasteiger charge is -2.09. The molecule has 5 heteroatoms. The van der Waals surface area contributed by atoms with Crippen molar-refractivity contribution in [1.29, 1.82) is 0 Å². The second kappa shape index (κ2) is 3.16. The van der Waals surface area contributed by atoms with Crippen LogP contribution >= 0.6 is 0 Å². The fourth-order valence-electron chi connectivity index (χ4n) is 0.913. The number of benzene rings is 1. The van der Waals surface area contributed by atoms with Crippen LogP contribution in [0.2, 0.25) is 0 Å². The summed E-state index contributed by atoms with van der Waals surface area (Å²) in [6, 6.07) is 2.69. The Labute approximate surface area is 73.0 Å². The van der Waals surface area contributed by atoms with Gasteiger partial charge in [0.15, 0.2) is 0 Å². The molecule has 0 amide bonds. The Bertz CT molecular complexity index is 309. The first-order chi connectivity index (χ1) is 5.95. The summed E-state index contributed by atoms with van der Waals surface area (Å²) in [6.07, 6.45) is -4.38. The van der Waals surface area contributed by atoms with E-state index in [4.69, 9.17) is 5.11 Å². The number of halogens is 3. The largest absolute Gasteiger partial charge is 0.506 e. The van der Waals surface area contributed by atoms with E-state index in [0.29, 0.717) is 0 Å². The molecular weight excluding hydrogens is 183 g/mol. The van der Waals surface area contributed by atoms with Gasteiger partial charge >= 0.3 is 6.18 Å². The van der Waals surface area contributed by atoms with Crippen LogP contribution in [0.25, 0.3) is 0 Å². The molecule has 0 saturated carbocycles. The minimum absolute atomic E-state index is 0.0647. The van der Waals surface area contributed by atoms with Crippen molar-refractivity contribution < 1.29 is 18.3 Å². The molecule has 2 N–H and O–H groups in total. The van der Waals surface area contributed by atoms with Gasteiger partial charge in [-0.25, -0.2) is 0 Å². The highest BCUT2D eigenvalue weighted by Gasteiger charge is 2.30. The fraction of sp³-hybridized carbons (Fsp3) is 0.250. The van der Waals surface area contributed by atoms with Gasteiger partial charge in [-0.15, -0.1) is 0 Å². The molecule has 0 spiro atoms. The standard InChI is InChI=1S/C8H8F3NO/c1-12-6-4-5(8(9,10)11)2-3-7(6)13/h2-4,12-13H,1H3. The molecule has 72 valence electrons. The van der Waals surface area contributed by atoms with E-state index < -0.39 is 11.7 Å². The Morgan fingerprint density at radius 1 is 1.31 bits per heavy atom. The summed E-state index contributed by atoms with van der Waals surface area (Å²) in [5.41, 5.74) is -0.718. The van der Waals surface area contributed by atoms with E-state index in [9.17, 15) is 13.2 Å². The van der Waals surface area contributed by atoms with Crippen molar-refractivity contribution in [2.45, 2.75) is 6.18 Å². The maximum atomic E-state index is 12.1. The summed E-state index contributed by atoms with van der Waals surface area (Å²) >= 11 is 0. The third kappa shape index (κ3) is 2.05. The number of hydrogen-bond donors (Lipinski definition) is 2. The summed E-state index contributed by atoms with van der Waals surface area (Å²) in [5, 5.41) is 11.5. The normalized spacial score (nSPS) is 11.4. The van der Waals surface area contributed by atoms with Crippen molar-refractivity contribution in [1.82, 2.24) is 0 Å². The molecule has 2 nitrogen and oxygen atoms in total. The SMILES string of the molecule is CNc1cc(C(F)(F)F)ccc1O. The summed E-state index contributed by atoms with van der Waals surface area (Å²) in [7, 11) is 1.44. The predicted molar refractivity (Wildman–Crippen MR) is 42.7 cm³/mol. The zero-order valence-corrected chi connectivity index (χ0v) is 6.81. The van der Waals surface area contributed by atoms with Crippen LogP contribution < -0.4 is 5.32 Å². The van der Waals surface area contributed by atoms with Gasteiger partial charge < -0.3 is 10.4 Å². The topological polar surface area (TPSA) is 32.3 Å². The lowest BCUT2D eigenvalue weighted by molar-refractivity contribution is -0.137. The van der Waals surface area contributed by atoms with Gasteiger partial charge in [0.25, 0.3) is 0 Å². The van der Waals surface area contributed by atoms with Crippen LogP contribution in [-0.2, 0) is 6.18 Å². The summed E-state index contributed by atoms with van der Waals surface area (Å²) < 4.78 is 36.4. The highest BCUT2D eigenvalue weighted by atomic mass is 19.4. The molecule has 0 aliphatic rings. The average molecular weight is 191 g/mol. The fourth-order valence-corrected chi connectivity index (χ4v) is 0.913. The molecule has 1 aromatic carbocycles. The number of rotatable bonds is 1.